The summed E-state index contributed by atoms with van der Waals surface area (Å²) in [4.78, 5) is 61.0. The Balaban J connectivity index is 2.83. The van der Waals surface area contributed by atoms with E-state index in [0.717, 1.165) is 4.90 Å². The average Bonchev–Trinajstić information content (AvgIpc) is 3.11. The number of thiophene rings is 1. The molecule has 0 radical (unpaired) electrons. The Morgan fingerprint density at radius 1 is 1.00 bits per heavy atom. The SMILES string of the molecule is CC1(C)C(=O)N(Cc2cccs2)C(C(C(=O)O)C(=O)O)=C1C(C(=O)O)C(=O)O. The Hall–Kier alpha value is -3.21. The van der Waals surface area contributed by atoms with Gasteiger partial charge in [-0.25, -0.2) is 0 Å². The summed E-state index contributed by atoms with van der Waals surface area (Å²) in [5.41, 5.74) is -2.90. The van der Waals surface area contributed by atoms with Crippen LogP contribution >= 0.6 is 11.3 Å². The summed E-state index contributed by atoms with van der Waals surface area (Å²) in [5, 5.41) is 39.4. The van der Waals surface area contributed by atoms with Gasteiger partial charge in [-0.05, 0) is 30.9 Å². The fourth-order valence-electron chi connectivity index (χ4n) is 3.26. The summed E-state index contributed by atoms with van der Waals surface area (Å²) in [6, 6.07) is 3.29. The summed E-state index contributed by atoms with van der Waals surface area (Å²) in [7, 11) is 0. The summed E-state index contributed by atoms with van der Waals surface area (Å²) in [6.45, 7) is 2.29. The second-order valence-corrected chi connectivity index (χ2v) is 7.65. The quantitative estimate of drug-likeness (QED) is 0.455. The molecular weight excluding hydrogens is 394 g/mol. The lowest BCUT2D eigenvalue weighted by molar-refractivity contribution is -0.156. The van der Waals surface area contributed by atoms with Gasteiger partial charge in [0, 0.05) is 10.6 Å². The van der Waals surface area contributed by atoms with Gasteiger partial charge in [0.05, 0.1) is 12.0 Å². The van der Waals surface area contributed by atoms with Gasteiger partial charge in [0.15, 0.2) is 11.8 Å². The number of hydrogen-bond donors (Lipinski definition) is 4. The summed E-state index contributed by atoms with van der Waals surface area (Å²) in [6.07, 6.45) is 0. The lowest BCUT2D eigenvalue weighted by Crippen LogP contribution is -2.37. The third-order valence-electron chi connectivity index (χ3n) is 4.46. The van der Waals surface area contributed by atoms with E-state index < -0.39 is 58.3 Å². The van der Waals surface area contributed by atoms with E-state index in [1.807, 2.05) is 0 Å². The number of amides is 1. The van der Waals surface area contributed by atoms with Gasteiger partial charge in [-0.1, -0.05) is 6.07 Å². The van der Waals surface area contributed by atoms with Crippen molar-refractivity contribution in [2.75, 3.05) is 0 Å². The van der Waals surface area contributed by atoms with Crippen LogP contribution in [0.1, 0.15) is 18.7 Å². The van der Waals surface area contributed by atoms with Gasteiger partial charge in [-0.3, -0.25) is 24.0 Å². The number of carboxylic acids is 4. The number of carboxylic acid groups (broad SMARTS) is 4. The second kappa shape index (κ2) is 7.43. The van der Waals surface area contributed by atoms with Crippen molar-refractivity contribution in [2.45, 2.75) is 20.4 Å². The van der Waals surface area contributed by atoms with Crippen LogP contribution in [-0.2, 0) is 30.5 Å². The van der Waals surface area contributed by atoms with Gasteiger partial charge in [-0.2, -0.15) is 0 Å². The Kier molecular flexibility index (Phi) is 5.59. The topological polar surface area (TPSA) is 170 Å². The van der Waals surface area contributed by atoms with Crippen molar-refractivity contribution >= 4 is 41.1 Å². The number of aliphatic carboxylic acids is 4. The molecule has 11 heteroatoms. The molecule has 0 fully saturated rings. The van der Waals surface area contributed by atoms with Gasteiger partial charge in [0.25, 0.3) is 0 Å². The number of rotatable bonds is 8. The summed E-state index contributed by atoms with van der Waals surface area (Å²) in [5.74, 6) is -12.7. The fraction of sp³-hybridized carbons (Fsp3) is 0.353. The zero-order valence-electron chi connectivity index (χ0n) is 14.8. The molecule has 0 saturated heterocycles. The van der Waals surface area contributed by atoms with Crippen molar-refractivity contribution in [3.05, 3.63) is 33.7 Å². The molecule has 28 heavy (non-hydrogen) atoms. The Bertz CT molecular complexity index is 856. The molecule has 150 valence electrons. The van der Waals surface area contributed by atoms with Gasteiger partial charge in [0.1, 0.15) is 0 Å². The third kappa shape index (κ3) is 3.48. The largest absolute Gasteiger partial charge is 0.480 e. The van der Waals surface area contributed by atoms with Crippen molar-refractivity contribution in [3.63, 3.8) is 0 Å². The molecule has 1 amide bonds. The first kappa shape index (κ1) is 21.1. The van der Waals surface area contributed by atoms with Crippen LogP contribution in [0, 0.1) is 17.3 Å². The zero-order valence-corrected chi connectivity index (χ0v) is 15.6. The maximum absolute atomic E-state index is 13.0. The van der Waals surface area contributed by atoms with Crippen LogP contribution in [0.2, 0.25) is 0 Å². The average molecular weight is 411 g/mol. The highest BCUT2D eigenvalue weighted by atomic mass is 32.1. The molecule has 0 aliphatic carbocycles. The van der Waals surface area contributed by atoms with Crippen LogP contribution in [0.25, 0.3) is 0 Å². The maximum Gasteiger partial charge on any atom is 0.324 e. The molecule has 0 atom stereocenters. The number of hydrogen-bond acceptors (Lipinski definition) is 6. The highest BCUT2D eigenvalue weighted by Gasteiger charge is 2.56. The van der Waals surface area contributed by atoms with E-state index in [9.17, 15) is 44.4 Å². The first-order valence-electron chi connectivity index (χ1n) is 7.91. The first-order valence-corrected chi connectivity index (χ1v) is 8.79. The maximum atomic E-state index is 13.0. The molecule has 1 aliphatic rings. The highest BCUT2D eigenvalue weighted by Crippen LogP contribution is 2.47. The smallest absolute Gasteiger partial charge is 0.324 e. The molecule has 1 aromatic heterocycles. The van der Waals surface area contributed by atoms with Crippen LogP contribution < -0.4 is 0 Å². The predicted octanol–water partition coefficient (Wildman–Crippen LogP) is 0.941. The minimum absolute atomic E-state index is 0.207. The van der Waals surface area contributed by atoms with Crippen molar-refractivity contribution in [2.24, 2.45) is 17.3 Å². The van der Waals surface area contributed by atoms with Gasteiger partial charge < -0.3 is 25.3 Å². The van der Waals surface area contributed by atoms with E-state index in [4.69, 9.17) is 0 Å². The molecule has 0 spiro atoms. The van der Waals surface area contributed by atoms with Crippen LogP contribution in [0.15, 0.2) is 28.8 Å². The molecule has 0 unspecified atom stereocenters. The number of nitrogens with zero attached hydrogens (tertiary/aromatic N) is 1. The lowest BCUT2D eigenvalue weighted by atomic mass is 9.76. The Morgan fingerprint density at radius 2 is 1.50 bits per heavy atom. The van der Waals surface area contributed by atoms with Crippen molar-refractivity contribution in [1.29, 1.82) is 0 Å². The van der Waals surface area contributed by atoms with E-state index in [-0.39, 0.29) is 6.54 Å². The third-order valence-corrected chi connectivity index (χ3v) is 5.33. The normalized spacial score (nSPS) is 16.1. The van der Waals surface area contributed by atoms with E-state index in [2.05, 4.69) is 0 Å². The monoisotopic (exact) mass is 411 g/mol. The standard InChI is InChI=1S/C17H17NO9S/c1-17(2)10(8(12(19)20)13(21)22)11(9(14(23)24)15(25)26)18(16(17)27)6-7-4-3-5-28-7/h3-5,8-9H,6H2,1-2H3,(H,19,20)(H,21,22)(H,23,24)(H,25,26). The van der Waals surface area contributed by atoms with Crippen molar-refractivity contribution < 1.29 is 44.4 Å². The second-order valence-electron chi connectivity index (χ2n) is 6.61. The highest BCUT2D eigenvalue weighted by molar-refractivity contribution is 7.09. The lowest BCUT2D eigenvalue weighted by Gasteiger charge is -2.24. The summed E-state index contributed by atoms with van der Waals surface area (Å²) < 4.78 is 0. The van der Waals surface area contributed by atoms with E-state index in [1.54, 1.807) is 17.5 Å². The molecule has 2 rings (SSSR count). The fourth-order valence-corrected chi connectivity index (χ4v) is 3.95. The minimum Gasteiger partial charge on any atom is -0.480 e. The molecule has 0 aromatic carbocycles. The van der Waals surface area contributed by atoms with Gasteiger partial charge >= 0.3 is 23.9 Å². The van der Waals surface area contributed by atoms with Crippen LogP contribution in [0.3, 0.4) is 0 Å². The molecule has 2 heterocycles. The van der Waals surface area contributed by atoms with Crippen molar-refractivity contribution in [3.8, 4) is 0 Å². The first-order chi connectivity index (χ1) is 12.9. The van der Waals surface area contributed by atoms with Crippen molar-refractivity contribution in [1.82, 2.24) is 4.90 Å². The zero-order chi connectivity index (χ0) is 21.4. The van der Waals surface area contributed by atoms with Crippen LogP contribution in [-0.4, -0.2) is 55.1 Å². The van der Waals surface area contributed by atoms with E-state index in [0.29, 0.717) is 4.88 Å². The van der Waals surface area contributed by atoms with Crippen LogP contribution in [0.4, 0.5) is 0 Å². The molecular formula is C17H17NO9S. The minimum atomic E-state index is -2.30. The molecule has 4 N–H and O–H groups in total. The van der Waals surface area contributed by atoms with Gasteiger partial charge in [-0.15, -0.1) is 11.3 Å². The molecule has 1 aliphatic heterocycles. The predicted molar refractivity (Wildman–Crippen MR) is 93.2 cm³/mol. The van der Waals surface area contributed by atoms with E-state index in [1.165, 1.54) is 25.2 Å². The van der Waals surface area contributed by atoms with Crippen LogP contribution in [0.5, 0.6) is 0 Å². The summed E-state index contributed by atoms with van der Waals surface area (Å²) >= 11 is 1.22. The number of carbonyl (C=O) groups is 5. The van der Waals surface area contributed by atoms with E-state index >= 15 is 0 Å². The Morgan fingerprint density at radius 3 is 1.89 bits per heavy atom. The number of carbonyl (C=O) groups excluding carboxylic acids is 1. The molecule has 0 saturated carbocycles. The molecule has 0 bridgehead atoms. The Labute approximate surface area is 162 Å². The van der Waals surface area contributed by atoms with Gasteiger partial charge in [0.2, 0.25) is 5.91 Å². The molecule has 1 aromatic rings. The molecule has 10 nitrogen and oxygen atoms in total.